The average molecular weight is 353 g/mol. The lowest BCUT2D eigenvalue weighted by Crippen LogP contribution is -2.41. The van der Waals surface area contributed by atoms with E-state index in [1.165, 1.54) is 5.56 Å². The van der Waals surface area contributed by atoms with Crippen LogP contribution in [0.5, 0.6) is 0 Å². The number of fused-ring (bicyclic) bond motifs is 1. The fourth-order valence-electron chi connectivity index (χ4n) is 3.66. The Bertz CT molecular complexity index is 957. The Labute approximate surface area is 152 Å². The van der Waals surface area contributed by atoms with Crippen LogP contribution in [0.3, 0.4) is 0 Å². The molecule has 6 nitrogen and oxygen atoms in total. The number of benzene rings is 1. The maximum atomic E-state index is 12.9. The molecule has 3 aromatic rings. The predicted molar refractivity (Wildman–Crippen MR) is 98.2 cm³/mol. The molecule has 2 atom stereocenters. The first kappa shape index (κ1) is 16.8. The average Bonchev–Trinajstić information content (AvgIpc) is 3.29. The van der Waals surface area contributed by atoms with E-state index >= 15 is 0 Å². The Kier molecular flexibility index (Phi) is 4.28. The number of carbonyl (C=O) groups is 1. The van der Waals surface area contributed by atoms with E-state index in [-0.39, 0.29) is 17.9 Å². The van der Waals surface area contributed by atoms with E-state index in [4.69, 9.17) is 9.26 Å². The molecule has 0 radical (unpaired) electrons. The number of rotatable bonds is 4. The summed E-state index contributed by atoms with van der Waals surface area (Å²) in [5, 5.41) is 8.15. The van der Waals surface area contributed by atoms with Crippen molar-refractivity contribution in [2.24, 2.45) is 13.0 Å². The molecular formula is C20H23N3O3. The quantitative estimate of drug-likeness (QED) is 0.783. The van der Waals surface area contributed by atoms with Crippen molar-refractivity contribution >= 4 is 16.8 Å². The van der Waals surface area contributed by atoms with Crippen LogP contribution < -0.4 is 5.32 Å². The molecule has 0 aliphatic carbocycles. The van der Waals surface area contributed by atoms with E-state index in [0.717, 1.165) is 22.4 Å². The van der Waals surface area contributed by atoms with Gasteiger partial charge in [0.15, 0.2) is 0 Å². The first-order valence-electron chi connectivity index (χ1n) is 8.88. The molecule has 1 saturated heterocycles. The summed E-state index contributed by atoms with van der Waals surface area (Å²) >= 11 is 0. The predicted octanol–water partition coefficient (Wildman–Crippen LogP) is 2.77. The van der Waals surface area contributed by atoms with Gasteiger partial charge in [-0.05, 0) is 32.0 Å². The van der Waals surface area contributed by atoms with Crippen LogP contribution in [0.1, 0.15) is 27.5 Å². The Morgan fingerprint density at radius 1 is 1.27 bits per heavy atom. The fraction of sp³-hybridized carbons (Fsp3) is 0.400. The number of ether oxygens (including phenoxy) is 1. The molecule has 0 bridgehead atoms. The van der Waals surface area contributed by atoms with Crippen LogP contribution in [-0.2, 0) is 18.2 Å². The van der Waals surface area contributed by atoms with E-state index in [1.807, 2.05) is 30.7 Å². The molecule has 1 aromatic carbocycles. The van der Waals surface area contributed by atoms with E-state index in [1.54, 1.807) is 0 Å². The van der Waals surface area contributed by atoms with Crippen molar-refractivity contribution < 1.29 is 14.1 Å². The highest BCUT2D eigenvalue weighted by Crippen LogP contribution is 2.23. The highest BCUT2D eigenvalue weighted by Gasteiger charge is 2.31. The molecule has 136 valence electrons. The highest BCUT2D eigenvalue weighted by molar-refractivity contribution is 5.99. The van der Waals surface area contributed by atoms with Gasteiger partial charge < -0.3 is 19.1 Å². The van der Waals surface area contributed by atoms with Gasteiger partial charge in [0.05, 0.1) is 24.9 Å². The molecule has 0 spiro atoms. The molecule has 6 heteroatoms. The number of nitrogens with one attached hydrogen (secondary N) is 1. The maximum Gasteiger partial charge on any atom is 0.268 e. The molecule has 1 aliphatic rings. The third kappa shape index (κ3) is 3.12. The van der Waals surface area contributed by atoms with Crippen LogP contribution in [-0.4, -0.2) is 34.9 Å². The van der Waals surface area contributed by atoms with Crippen LogP contribution in [0.2, 0.25) is 0 Å². The van der Waals surface area contributed by atoms with Gasteiger partial charge in [0.25, 0.3) is 5.91 Å². The van der Waals surface area contributed by atoms with Crippen molar-refractivity contribution in [2.75, 3.05) is 13.2 Å². The number of hydrogen-bond acceptors (Lipinski definition) is 4. The van der Waals surface area contributed by atoms with Gasteiger partial charge in [-0.3, -0.25) is 4.79 Å². The van der Waals surface area contributed by atoms with Crippen LogP contribution in [0.4, 0.5) is 0 Å². The summed E-state index contributed by atoms with van der Waals surface area (Å²) in [5.41, 5.74) is 3.76. The summed E-state index contributed by atoms with van der Waals surface area (Å²) in [7, 11) is 1.92. The summed E-state index contributed by atoms with van der Waals surface area (Å²) in [6.45, 7) is 5.09. The van der Waals surface area contributed by atoms with Crippen LogP contribution in [0, 0.1) is 19.8 Å². The molecule has 2 aromatic heterocycles. The zero-order valence-electron chi connectivity index (χ0n) is 15.3. The van der Waals surface area contributed by atoms with Crippen molar-refractivity contribution in [1.82, 2.24) is 15.0 Å². The molecule has 0 unspecified atom stereocenters. The number of nitrogens with zero attached hydrogens (tertiary/aromatic N) is 2. The number of hydrogen-bond donors (Lipinski definition) is 1. The summed E-state index contributed by atoms with van der Waals surface area (Å²) in [6, 6.07) is 10.1. The maximum absolute atomic E-state index is 12.9. The summed E-state index contributed by atoms with van der Waals surface area (Å²) in [6.07, 6.45) is 0.708. The minimum Gasteiger partial charge on any atom is -0.379 e. The van der Waals surface area contributed by atoms with Crippen molar-refractivity contribution in [3.05, 3.63) is 53.0 Å². The van der Waals surface area contributed by atoms with Crippen LogP contribution in [0.25, 0.3) is 10.9 Å². The Morgan fingerprint density at radius 2 is 2.12 bits per heavy atom. The molecule has 1 amide bonds. The minimum atomic E-state index is -0.0735. The van der Waals surface area contributed by atoms with Crippen molar-refractivity contribution in [3.63, 3.8) is 0 Å². The van der Waals surface area contributed by atoms with E-state index in [0.29, 0.717) is 25.3 Å². The van der Waals surface area contributed by atoms with Gasteiger partial charge in [-0.2, -0.15) is 0 Å². The van der Waals surface area contributed by atoms with Gasteiger partial charge in [-0.25, -0.2) is 0 Å². The lowest BCUT2D eigenvalue weighted by atomic mass is 9.98. The smallest absolute Gasteiger partial charge is 0.268 e. The second-order valence-electron chi connectivity index (χ2n) is 7.17. The molecule has 0 saturated carbocycles. The summed E-state index contributed by atoms with van der Waals surface area (Å²) in [4.78, 5) is 12.9. The first-order valence-corrected chi connectivity index (χ1v) is 8.88. The summed E-state index contributed by atoms with van der Waals surface area (Å²) < 4.78 is 12.9. The molecule has 1 aliphatic heterocycles. The SMILES string of the molecule is Cc1ccc2c(c1)cc(C(=O)N[C@@H]1COC[C@@H]1Cc1cc(C)no1)n2C. The van der Waals surface area contributed by atoms with Gasteiger partial charge in [0.2, 0.25) is 0 Å². The highest BCUT2D eigenvalue weighted by atomic mass is 16.5. The number of carbonyl (C=O) groups excluding carboxylic acids is 1. The van der Waals surface area contributed by atoms with Gasteiger partial charge in [-0.15, -0.1) is 0 Å². The monoisotopic (exact) mass is 353 g/mol. The van der Waals surface area contributed by atoms with E-state index in [9.17, 15) is 4.79 Å². The molecule has 26 heavy (non-hydrogen) atoms. The van der Waals surface area contributed by atoms with Gasteiger partial charge in [-0.1, -0.05) is 16.8 Å². The largest absolute Gasteiger partial charge is 0.379 e. The zero-order chi connectivity index (χ0) is 18.3. The molecule has 1 fully saturated rings. The zero-order valence-corrected chi connectivity index (χ0v) is 15.3. The van der Waals surface area contributed by atoms with Crippen molar-refractivity contribution in [3.8, 4) is 0 Å². The van der Waals surface area contributed by atoms with Gasteiger partial charge >= 0.3 is 0 Å². The first-order chi connectivity index (χ1) is 12.5. The van der Waals surface area contributed by atoms with E-state index < -0.39 is 0 Å². The van der Waals surface area contributed by atoms with Crippen molar-refractivity contribution in [1.29, 1.82) is 0 Å². The summed E-state index contributed by atoms with van der Waals surface area (Å²) in [5.74, 6) is 0.941. The third-order valence-electron chi connectivity index (χ3n) is 5.09. The Morgan fingerprint density at radius 3 is 2.88 bits per heavy atom. The topological polar surface area (TPSA) is 69.3 Å². The van der Waals surface area contributed by atoms with Crippen LogP contribution >= 0.6 is 0 Å². The lowest BCUT2D eigenvalue weighted by Gasteiger charge is -2.18. The number of aryl methyl sites for hydroxylation is 3. The van der Waals surface area contributed by atoms with Gasteiger partial charge in [0, 0.05) is 36.4 Å². The van der Waals surface area contributed by atoms with Gasteiger partial charge in [0.1, 0.15) is 11.5 Å². The molecular weight excluding hydrogens is 330 g/mol. The van der Waals surface area contributed by atoms with E-state index in [2.05, 4.69) is 35.6 Å². The van der Waals surface area contributed by atoms with Crippen LogP contribution in [0.15, 0.2) is 34.9 Å². The number of aromatic nitrogens is 2. The Balaban J connectivity index is 1.51. The molecule has 4 rings (SSSR count). The fourth-order valence-corrected chi connectivity index (χ4v) is 3.66. The number of amides is 1. The molecule has 3 heterocycles. The lowest BCUT2D eigenvalue weighted by molar-refractivity contribution is 0.0916. The Hall–Kier alpha value is -2.60. The molecule has 1 N–H and O–H groups in total. The van der Waals surface area contributed by atoms with Crippen molar-refractivity contribution in [2.45, 2.75) is 26.3 Å². The minimum absolute atomic E-state index is 0.0346. The third-order valence-corrected chi connectivity index (χ3v) is 5.09. The second-order valence-corrected chi connectivity index (χ2v) is 7.17. The second kappa shape index (κ2) is 6.61. The standard InChI is InChI=1S/C20H23N3O3/c1-12-4-5-18-14(6-12)9-19(23(18)3)20(24)21-17-11-25-10-15(17)8-16-7-13(2)22-26-16/h4-7,9,15,17H,8,10-11H2,1-3H3,(H,21,24)/t15-,17+/m0/s1. The normalized spacial score (nSPS) is 20.0.